The van der Waals surface area contributed by atoms with Gasteiger partial charge in [-0.2, -0.15) is 0 Å². The van der Waals surface area contributed by atoms with Gasteiger partial charge >= 0.3 is 0 Å². The molecule has 1 atom stereocenters. The van der Waals surface area contributed by atoms with Gasteiger partial charge in [0.2, 0.25) is 5.91 Å². The fraction of sp³-hybridized carbons (Fsp3) is 0.409. The molecule has 0 saturated heterocycles. The van der Waals surface area contributed by atoms with Gasteiger partial charge in [-0.05, 0) is 49.8 Å². The lowest BCUT2D eigenvalue weighted by Crippen LogP contribution is -2.22. The highest BCUT2D eigenvalue weighted by atomic mass is 32.2. The molecule has 6 nitrogen and oxygen atoms in total. The van der Waals surface area contributed by atoms with E-state index >= 15 is 0 Å². The standard InChI is InChI=1S/C22H25N3O3S2/c1-4-28-16-8-6-5-7-15(16)23-18(26)12-29-22-24-20-19(21(27)25(22)3)14-10-9-13(2)11-17(14)30-20/h5-8,13H,4,9-12H2,1-3H3,(H,23,26)/t13-/m1/s1. The van der Waals surface area contributed by atoms with E-state index in [1.807, 2.05) is 31.2 Å². The Morgan fingerprint density at radius 2 is 2.20 bits per heavy atom. The Kier molecular flexibility index (Phi) is 6.15. The Bertz CT molecular complexity index is 1150. The summed E-state index contributed by atoms with van der Waals surface area (Å²) in [4.78, 5) is 32.3. The number of hydrogen-bond donors (Lipinski definition) is 1. The average molecular weight is 444 g/mol. The highest BCUT2D eigenvalue weighted by Gasteiger charge is 2.24. The van der Waals surface area contributed by atoms with Crippen LogP contribution in [0.25, 0.3) is 10.2 Å². The fourth-order valence-electron chi connectivity index (χ4n) is 3.75. The lowest BCUT2D eigenvalue weighted by atomic mass is 9.89. The van der Waals surface area contributed by atoms with E-state index in [1.165, 1.54) is 22.2 Å². The van der Waals surface area contributed by atoms with Gasteiger partial charge in [0.25, 0.3) is 5.56 Å². The molecule has 1 N–H and O–H groups in total. The number of thiophene rings is 1. The molecular weight excluding hydrogens is 418 g/mol. The van der Waals surface area contributed by atoms with Crippen LogP contribution in [-0.4, -0.2) is 27.8 Å². The Morgan fingerprint density at radius 1 is 1.40 bits per heavy atom. The molecule has 0 fully saturated rings. The number of anilines is 1. The molecule has 0 spiro atoms. The molecule has 1 aliphatic rings. The van der Waals surface area contributed by atoms with Gasteiger partial charge in [-0.3, -0.25) is 14.2 Å². The van der Waals surface area contributed by atoms with Crippen molar-refractivity contribution < 1.29 is 9.53 Å². The SMILES string of the molecule is CCOc1ccccc1NC(=O)CSc1nc2sc3c(c2c(=O)n1C)CC[C@@H](C)C3. The topological polar surface area (TPSA) is 73.2 Å². The maximum absolute atomic E-state index is 13.0. The second-order valence-corrected chi connectivity index (χ2v) is 9.58. The van der Waals surface area contributed by atoms with Crippen LogP contribution in [-0.2, 0) is 24.7 Å². The highest BCUT2D eigenvalue weighted by molar-refractivity contribution is 7.99. The van der Waals surface area contributed by atoms with Gasteiger partial charge < -0.3 is 10.1 Å². The fourth-order valence-corrected chi connectivity index (χ4v) is 5.94. The molecule has 0 unspecified atom stereocenters. The number of aromatic nitrogens is 2. The molecule has 0 saturated carbocycles. The van der Waals surface area contributed by atoms with Crippen molar-refractivity contribution in [2.45, 2.75) is 38.3 Å². The lowest BCUT2D eigenvalue weighted by Gasteiger charge is -2.17. The summed E-state index contributed by atoms with van der Waals surface area (Å²) < 4.78 is 7.12. The smallest absolute Gasteiger partial charge is 0.262 e. The summed E-state index contributed by atoms with van der Waals surface area (Å²) in [6, 6.07) is 7.35. The zero-order chi connectivity index (χ0) is 21.3. The van der Waals surface area contributed by atoms with Crippen molar-refractivity contribution in [3.63, 3.8) is 0 Å². The van der Waals surface area contributed by atoms with Crippen molar-refractivity contribution in [2.24, 2.45) is 13.0 Å². The Balaban J connectivity index is 1.53. The van der Waals surface area contributed by atoms with Crippen molar-refractivity contribution in [2.75, 3.05) is 17.7 Å². The maximum atomic E-state index is 13.0. The van der Waals surface area contributed by atoms with Gasteiger partial charge in [-0.15, -0.1) is 11.3 Å². The van der Waals surface area contributed by atoms with E-state index in [-0.39, 0.29) is 17.2 Å². The summed E-state index contributed by atoms with van der Waals surface area (Å²) in [5.41, 5.74) is 1.81. The van der Waals surface area contributed by atoms with Crippen LogP contribution in [0.1, 0.15) is 30.7 Å². The van der Waals surface area contributed by atoms with E-state index in [4.69, 9.17) is 9.72 Å². The first-order valence-electron chi connectivity index (χ1n) is 10.1. The number of benzene rings is 1. The van der Waals surface area contributed by atoms with Crippen molar-refractivity contribution in [1.29, 1.82) is 0 Å². The third kappa shape index (κ3) is 4.11. The van der Waals surface area contributed by atoms with Gasteiger partial charge in [0.1, 0.15) is 10.6 Å². The van der Waals surface area contributed by atoms with Gasteiger partial charge in [-0.1, -0.05) is 30.8 Å². The van der Waals surface area contributed by atoms with Crippen LogP contribution in [0.3, 0.4) is 0 Å². The minimum atomic E-state index is -0.166. The van der Waals surface area contributed by atoms with Crippen LogP contribution >= 0.6 is 23.1 Å². The molecule has 0 bridgehead atoms. The summed E-state index contributed by atoms with van der Waals surface area (Å²) in [6.07, 6.45) is 3.08. The van der Waals surface area contributed by atoms with E-state index in [9.17, 15) is 9.59 Å². The van der Waals surface area contributed by atoms with Crippen LogP contribution in [0.5, 0.6) is 5.75 Å². The number of hydrogen-bond acceptors (Lipinski definition) is 6. The molecule has 3 aromatic rings. The second-order valence-electron chi connectivity index (χ2n) is 7.56. The first-order valence-corrected chi connectivity index (χ1v) is 11.9. The van der Waals surface area contributed by atoms with Crippen molar-refractivity contribution in [3.05, 3.63) is 45.1 Å². The average Bonchev–Trinajstić information content (AvgIpc) is 3.08. The number of aryl methyl sites for hydroxylation is 1. The molecule has 2 heterocycles. The molecule has 30 heavy (non-hydrogen) atoms. The summed E-state index contributed by atoms with van der Waals surface area (Å²) >= 11 is 2.90. The van der Waals surface area contributed by atoms with E-state index < -0.39 is 0 Å². The number of carbonyl (C=O) groups is 1. The normalized spacial score (nSPS) is 15.8. The molecule has 1 amide bonds. The summed E-state index contributed by atoms with van der Waals surface area (Å²) in [7, 11) is 1.73. The molecule has 158 valence electrons. The zero-order valence-electron chi connectivity index (χ0n) is 17.4. The number of amides is 1. The number of carbonyl (C=O) groups excluding carboxylic acids is 1. The minimum Gasteiger partial charge on any atom is -0.492 e. The van der Waals surface area contributed by atoms with Crippen molar-refractivity contribution >= 4 is 44.9 Å². The van der Waals surface area contributed by atoms with E-state index in [0.717, 1.165) is 29.5 Å². The summed E-state index contributed by atoms with van der Waals surface area (Å²) in [6.45, 7) is 4.68. The van der Waals surface area contributed by atoms with Crippen LogP contribution in [0.2, 0.25) is 0 Å². The molecule has 8 heteroatoms. The molecule has 0 radical (unpaired) electrons. The van der Waals surface area contributed by atoms with Crippen LogP contribution in [0, 0.1) is 5.92 Å². The predicted molar refractivity (Wildman–Crippen MR) is 123 cm³/mol. The number of para-hydroxylation sites is 2. The number of rotatable bonds is 6. The predicted octanol–water partition coefficient (Wildman–Crippen LogP) is 4.25. The molecule has 4 rings (SSSR count). The van der Waals surface area contributed by atoms with E-state index in [1.54, 1.807) is 23.0 Å². The Morgan fingerprint density at radius 3 is 3.00 bits per heavy atom. The zero-order valence-corrected chi connectivity index (χ0v) is 19.0. The van der Waals surface area contributed by atoms with Crippen molar-refractivity contribution in [1.82, 2.24) is 9.55 Å². The van der Waals surface area contributed by atoms with Crippen LogP contribution in [0.4, 0.5) is 5.69 Å². The second kappa shape index (κ2) is 8.81. The highest BCUT2D eigenvalue weighted by Crippen LogP contribution is 2.36. The first-order chi connectivity index (χ1) is 14.5. The molecule has 2 aromatic heterocycles. The molecule has 0 aliphatic heterocycles. The molecule has 1 aromatic carbocycles. The summed E-state index contributed by atoms with van der Waals surface area (Å²) in [5.74, 6) is 1.28. The minimum absolute atomic E-state index is 0.0170. The molecular formula is C22H25N3O3S2. The van der Waals surface area contributed by atoms with Crippen LogP contribution < -0.4 is 15.6 Å². The number of fused-ring (bicyclic) bond motifs is 3. The Hall–Kier alpha value is -2.32. The number of ether oxygens (including phenoxy) is 1. The van der Waals surface area contributed by atoms with Gasteiger partial charge in [0.15, 0.2) is 5.16 Å². The maximum Gasteiger partial charge on any atom is 0.262 e. The third-order valence-corrected chi connectivity index (χ3v) is 7.47. The monoisotopic (exact) mass is 443 g/mol. The van der Waals surface area contributed by atoms with Gasteiger partial charge in [-0.25, -0.2) is 4.98 Å². The van der Waals surface area contributed by atoms with E-state index in [0.29, 0.717) is 29.1 Å². The first kappa shape index (κ1) is 20.9. The van der Waals surface area contributed by atoms with Crippen molar-refractivity contribution in [3.8, 4) is 5.75 Å². The number of thioether (sulfide) groups is 1. The van der Waals surface area contributed by atoms with E-state index in [2.05, 4.69) is 12.2 Å². The largest absolute Gasteiger partial charge is 0.492 e. The summed E-state index contributed by atoms with van der Waals surface area (Å²) in [5, 5.41) is 4.21. The number of nitrogens with one attached hydrogen (secondary N) is 1. The van der Waals surface area contributed by atoms with Gasteiger partial charge in [0, 0.05) is 11.9 Å². The lowest BCUT2D eigenvalue weighted by molar-refractivity contribution is -0.113. The molecule has 1 aliphatic carbocycles. The Labute approximate surface area is 183 Å². The third-order valence-electron chi connectivity index (χ3n) is 5.29. The van der Waals surface area contributed by atoms with Crippen LogP contribution in [0.15, 0.2) is 34.2 Å². The van der Waals surface area contributed by atoms with Gasteiger partial charge in [0.05, 0.1) is 23.4 Å². The quantitative estimate of drug-likeness (QED) is 0.455. The number of nitrogens with zero attached hydrogens (tertiary/aromatic N) is 2.